The molecule has 1 saturated carbocycles. The Morgan fingerprint density at radius 1 is 1.21 bits per heavy atom. The van der Waals surface area contributed by atoms with Gasteiger partial charge in [-0.25, -0.2) is 0 Å². The molecule has 6 heteroatoms. The second-order valence-corrected chi connectivity index (χ2v) is 7.05. The van der Waals surface area contributed by atoms with E-state index in [1.807, 2.05) is 11.9 Å². The minimum Gasteiger partial charge on any atom is -0.356 e. The maximum atomic E-state index is 12.4. The molecule has 6 nitrogen and oxygen atoms in total. The summed E-state index contributed by atoms with van der Waals surface area (Å²) in [6.45, 7) is 2.10. The van der Waals surface area contributed by atoms with Crippen LogP contribution in [-0.2, 0) is 14.4 Å². The summed E-state index contributed by atoms with van der Waals surface area (Å²) in [5.41, 5.74) is 1.90. The van der Waals surface area contributed by atoms with Crippen LogP contribution in [0.2, 0.25) is 0 Å². The monoisotopic (exact) mass is 333 g/mol. The average Bonchev–Trinajstić information content (AvgIpc) is 3.09. The number of hydrogen-bond acceptors (Lipinski definition) is 3. The fraction of sp³-hybridized carbons (Fsp3) is 0.722. The van der Waals surface area contributed by atoms with E-state index < -0.39 is 0 Å². The van der Waals surface area contributed by atoms with Gasteiger partial charge in [0.2, 0.25) is 11.8 Å². The maximum absolute atomic E-state index is 12.4. The quantitative estimate of drug-likeness (QED) is 0.743. The first-order chi connectivity index (χ1) is 11.6. The van der Waals surface area contributed by atoms with Crippen LogP contribution in [0.4, 0.5) is 0 Å². The van der Waals surface area contributed by atoms with Crippen molar-refractivity contribution >= 4 is 17.7 Å². The molecule has 3 amide bonds. The Balaban J connectivity index is 1.46. The summed E-state index contributed by atoms with van der Waals surface area (Å²) in [4.78, 5) is 39.8. The van der Waals surface area contributed by atoms with Crippen molar-refractivity contribution in [2.24, 2.45) is 0 Å². The van der Waals surface area contributed by atoms with E-state index in [-0.39, 0.29) is 30.2 Å². The highest BCUT2D eigenvalue weighted by atomic mass is 16.2. The van der Waals surface area contributed by atoms with Gasteiger partial charge in [0.15, 0.2) is 0 Å². The van der Waals surface area contributed by atoms with E-state index >= 15 is 0 Å². The number of nitrogens with zero attached hydrogens (tertiary/aromatic N) is 2. The predicted molar refractivity (Wildman–Crippen MR) is 90.1 cm³/mol. The van der Waals surface area contributed by atoms with E-state index in [2.05, 4.69) is 5.32 Å². The number of carbonyl (C=O) groups is 3. The molecule has 1 aliphatic carbocycles. The molecule has 0 aromatic rings. The minimum atomic E-state index is -0.0850. The Bertz CT molecular complexity index is 570. The van der Waals surface area contributed by atoms with Crippen LogP contribution in [0.3, 0.4) is 0 Å². The standard InChI is InChI=1S/C18H27N3O3/c1-20-15-7-3-2-6-13(15)14(18(20)24)12-16(22)19-9-5-11-21-10-4-8-17(21)23/h15H,2-12H2,1H3,(H,19,22). The summed E-state index contributed by atoms with van der Waals surface area (Å²) < 4.78 is 0. The Kier molecular flexibility index (Phi) is 5.21. The molecule has 0 spiro atoms. The molecule has 0 bridgehead atoms. The van der Waals surface area contributed by atoms with Gasteiger partial charge in [-0.05, 0) is 37.7 Å². The van der Waals surface area contributed by atoms with Gasteiger partial charge in [0.05, 0.1) is 12.5 Å². The molecule has 1 unspecified atom stereocenters. The van der Waals surface area contributed by atoms with Crippen LogP contribution in [0.25, 0.3) is 0 Å². The van der Waals surface area contributed by atoms with E-state index in [9.17, 15) is 14.4 Å². The van der Waals surface area contributed by atoms with Crippen molar-refractivity contribution in [1.82, 2.24) is 15.1 Å². The molecule has 132 valence electrons. The lowest BCUT2D eigenvalue weighted by atomic mass is 9.88. The number of hydrogen-bond donors (Lipinski definition) is 1. The molecule has 24 heavy (non-hydrogen) atoms. The number of likely N-dealkylation sites (N-methyl/N-ethyl adjacent to an activating group) is 1. The molecule has 1 N–H and O–H groups in total. The van der Waals surface area contributed by atoms with E-state index in [4.69, 9.17) is 0 Å². The van der Waals surface area contributed by atoms with Crippen molar-refractivity contribution in [2.75, 3.05) is 26.7 Å². The normalized spacial score (nSPS) is 24.0. The molecule has 3 rings (SSSR count). The highest BCUT2D eigenvalue weighted by molar-refractivity contribution is 6.02. The third kappa shape index (κ3) is 3.47. The summed E-state index contributed by atoms with van der Waals surface area (Å²) in [5.74, 6) is 0.157. The average molecular weight is 333 g/mol. The fourth-order valence-corrected chi connectivity index (χ4v) is 4.12. The number of carbonyl (C=O) groups excluding carboxylic acids is 3. The van der Waals surface area contributed by atoms with Gasteiger partial charge >= 0.3 is 0 Å². The van der Waals surface area contributed by atoms with Crippen molar-refractivity contribution in [1.29, 1.82) is 0 Å². The largest absolute Gasteiger partial charge is 0.356 e. The molecule has 0 radical (unpaired) electrons. The molecule has 3 aliphatic rings. The summed E-state index contributed by atoms with van der Waals surface area (Å²) >= 11 is 0. The molecular weight excluding hydrogens is 306 g/mol. The Morgan fingerprint density at radius 2 is 2.04 bits per heavy atom. The molecule has 2 heterocycles. The second kappa shape index (κ2) is 7.36. The zero-order valence-electron chi connectivity index (χ0n) is 14.5. The topological polar surface area (TPSA) is 69.7 Å². The SMILES string of the molecule is CN1C(=O)C(CC(=O)NCCCN2CCCC2=O)=C2CCCCC21. The molecule has 1 saturated heterocycles. The van der Waals surface area contributed by atoms with Gasteiger partial charge in [-0.3, -0.25) is 14.4 Å². The van der Waals surface area contributed by atoms with E-state index in [0.717, 1.165) is 50.6 Å². The Morgan fingerprint density at radius 3 is 2.79 bits per heavy atom. The Labute approximate surface area is 143 Å². The van der Waals surface area contributed by atoms with Crippen LogP contribution in [-0.4, -0.2) is 60.2 Å². The van der Waals surface area contributed by atoms with Crippen molar-refractivity contribution in [3.8, 4) is 0 Å². The van der Waals surface area contributed by atoms with Crippen LogP contribution >= 0.6 is 0 Å². The lowest BCUT2D eigenvalue weighted by Gasteiger charge is -2.26. The second-order valence-electron chi connectivity index (χ2n) is 7.05. The number of rotatable bonds is 6. The third-order valence-corrected chi connectivity index (χ3v) is 5.45. The highest BCUT2D eigenvalue weighted by Gasteiger charge is 2.38. The summed E-state index contributed by atoms with van der Waals surface area (Å²) in [5, 5.41) is 2.90. The fourth-order valence-electron chi connectivity index (χ4n) is 4.12. The third-order valence-electron chi connectivity index (χ3n) is 5.45. The van der Waals surface area contributed by atoms with Crippen molar-refractivity contribution < 1.29 is 14.4 Å². The maximum Gasteiger partial charge on any atom is 0.250 e. The molecule has 0 aromatic heterocycles. The van der Waals surface area contributed by atoms with Gasteiger partial charge < -0.3 is 15.1 Å². The predicted octanol–water partition coefficient (Wildman–Crippen LogP) is 1.22. The first-order valence-corrected chi connectivity index (χ1v) is 9.11. The van der Waals surface area contributed by atoms with Crippen LogP contribution in [0, 0.1) is 0 Å². The molecule has 2 fully saturated rings. The van der Waals surface area contributed by atoms with Crippen LogP contribution < -0.4 is 5.32 Å². The van der Waals surface area contributed by atoms with E-state index in [1.165, 1.54) is 5.57 Å². The number of amides is 3. The highest BCUT2D eigenvalue weighted by Crippen LogP contribution is 2.36. The lowest BCUT2D eigenvalue weighted by molar-refractivity contribution is -0.128. The first-order valence-electron chi connectivity index (χ1n) is 9.11. The summed E-state index contributed by atoms with van der Waals surface area (Å²) in [6.07, 6.45) is 6.78. The molecular formula is C18H27N3O3. The Hall–Kier alpha value is -1.85. The van der Waals surface area contributed by atoms with E-state index in [1.54, 1.807) is 4.90 Å². The van der Waals surface area contributed by atoms with Gasteiger partial charge in [-0.1, -0.05) is 6.42 Å². The van der Waals surface area contributed by atoms with Gasteiger partial charge in [-0.2, -0.15) is 0 Å². The smallest absolute Gasteiger partial charge is 0.250 e. The van der Waals surface area contributed by atoms with Crippen molar-refractivity contribution in [3.05, 3.63) is 11.1 Å². The minimum absolute atomic E-state index is 0.0229. The van der Waals surface area contributed by atoms with Crippen molar-refractivity contribution in [3.63, 3.8) is 0 Å². The number of nitrogens with one attached hydrogen (secondary N) is 1. The molecule has 0 aromatic carbocycles. The first kappa shape index (κ1) is 17.0. The summed E-state index contributed by atoms with van der Waals surface area (Å²) in [7, 11) is 1.84. The lowest BCUT2D eigenvalue weighted by Crippen LogP contribution is -2.33. The molecule has 2 aliphatic heterocycles. The zero-order valence-corrected chi connectivity index (χ0v) is 14.5. The van der Waals surface area contributed by atoms with Crippen LogP contribution in [0.15, 0.2) is 11.1 Å². The van der Waals surface area contributed by atoms with Gasteiger partial charge in [-0.15, -0.1) is 0 Å². The van der Waals surface area contributed by atoms with Gasteiger partial charge in [0, 0.05) is 38.7 Å². The van der Waals surface area contributed by atoms with Crippen molar-refractivity contribution in [2.45, 2.75) is 57.4 Å². The van der Waals surface area contributed by atoms with E-state index in [0.29, 0.717) is 19.5 Å². The number of likely N-dealkylation sites (tertiary alicyclic amines) is 1. The van der Waals surface area contributed by atoms with Gasteiger partial charge in [0.25, 0.3) is 5.91 Å². The van der Waals surface area contributed by atoms with Gasteiger partial charge in [0.1, 0.15) is 0 Å². The van der Waals surface area contributed by atoms with Crippen LogP contribution in [0.5, 0.6) is 0 Å². The zero-order chi connectivity index (χ0) is 17.1. The number of fused-ring (bicyclic) bond motifs is 1. The molecule has 1 atom stereocenters. The van der Waals surface area contributed by atoms with Crippen LogP contribution in [0.1, 0.15) is 51.4 Å². The summed E-state index contributed by atoms with van der Waals surface area (Å²) in [6, 6.07) is 0.218.